The van der Waals surface area contributed by atoms with E-state index in [2.05, 4.69) is 31.1 Å². The first-order valence-electron chi connectivity index (χ1n) is 6.61. The van der Waals surface area contributed by atoms with Gasteiger partial charge in [-0.25, -0.2) is 0 Å². The van der Waals surface area contributed by atoms with Crippen molar-refractivity contribution in [2.45, 2.75) is 25.3 Å². The Hall–Kier alpha value is -1.62. The first-order chi connectivity index (χ1) is 8.92. The quantitative estimate of drug-likeness (QED) is 0.887. The molecule has 0 aliphatic carbocycles. The van der Waals surface area contributed by atoms with Crippen molar-refractivity contribution >= 4 is 0 Å². The predicted octanol–water partition coefficient (Wildman–Crippen LogP) is 1.49. The van der Waals surface area contributed by atoms with Gasteiger partial charge in [-0.2, -0.15) is 10.2 Å². The normalized spacial score (nSPS) is 18.2. The van der Waals surface area contributed by atoms with Crippen LogP contribution in [0.1, 0.15) is 24.4 Å². The van der Waals surface area contributed by atoms with Gasteiger partial charge in [0.2, 0.25) is 0 Å². The van der Waals surface area contributed by atoms with Crippen molar-refractivity contribution in [3.8, 4) is 0 Å². The number of hydrogen-bond donors (Lipinski definition) is 1. The first kappa shape index (κ1) is 11.5. The van der Waals surface area contributed by atoms with Crippen LogP contribution in [-0.4, -0.2) is 44.5 Å². The molecule has 0 aromatic carbocycles. The Morgan fingerprint density at radius 2 is 2.22 bits per heavy atom. The largest absolute Gasteiger partial charge is 0.303 e. The van der Waals surface area contributed by atoms with Crippen LogP contribution in [-0.2, 0) is 6.42 Å². The molecule has 1 aliphatic rings. The Kier molecular flexibility index (Phi) is 3.41. The van der Waals surface area contributed by atoms with Crippen LogP contribution in [0.5, 0.6) is 0 Å². The van der Waals surface area contributed by atoms with Crippen molar-refractivity contribution in [3.63, 3.8) is 0 Å². The number of nitrogens with zero attached hydrogens (tertiary/aromatic N) is 4. The molecule has 5 heteroatoms. The van der Waals surface area contributed by atoms with Gasteiger partial charge in [-0.3, -0.25) is 9.78 Å². The van der Waals surface area contributed by atoms with E-state index in [4.69, 9.17) is 0 Å². The topological polar surface area (TPSA) is 49.7 Å². The third-order valence-electron chi connectivity index (χ3n) is 3.73. The zero-order chi connectivity index (χ0) is 12.2. The van der Waals surface area contributed by atoms with Crippen LogP contribution < -0.4 is 0 Å². The lowest BCUT2D eigenvalue weighted by atomic mass is 10.0. The van der Waals surface area contributed by atoms with E-state index >= 15 is 0 Å². The number of nitrogens with one attached hydrogen (secondary N) is 1. The second-order valence-corrected chi connectivity index (χ2v) is 4.92. The first-order valence-corrected chi connectivity index (χ1v) is 6.61. The van der Waals surface area contributed by atoms with E-state index in [0.29, 0.717) is 6.04 Å². The third kappa shape index (κ3) is 2.61. The fourth-order valence-corrected chi connectivity index (χ4v) is 2.61. The summed E-state index contributed by atoms with van der Waals surface area (Å²) >= 11 is 0. The standard InChI is InChI=1S/C13H19N5/c1-5-16-18(6-1)13-3-8-17(9-4-13)7-2-12-10-14-15-11-12/h1,5-6,10-11,13H,2-4,7-9H2,(H,14,15). The molecule has 0 unspecified atom stereocenters. The molecule has 5 nitrogen and oxygen atoms in total. The van der Waals surface area contributed by atoms with Gasteiger partial charge in [0, 0.05) is 38.2 Å². The summed E-state index contributed by atoms with van der Waals surface area (Å²) in [6.07, 6.45) is 11.3. The highest BCUT2D eigenvalue weighted by atomic mass is 15.3. The molecule has 1 saturated heterocycles. The number of aromatic amines is 1. The van der Waals surface area contributed by atoms with Crippen LogP contribution in [0, 0.1) is 0 Å². The lowest BCUT2D eigenvalue weighted by molar-refractivity contribution is 0.181. The molecular weight excluding hydrogens is 226 g/mol. The molecule has 3 rings (SSSR count). The fourth-order valence-electron chi connectivity index (χ4n) is 2.61. The van der Waals surface area contributed by atoms with Gasteiger partial charge in [0.1, 0.15) is 0 Å². The lowest BCUT2D eigenvalue weighted by Gasteiger charge is -2.31. The van der Waals surface area contributed by atoms with Gasteiger partial charge in [0.25, 0.3) is 0 Å². The van der Waals surface area contributed by atoms with E-state index in [-0.39, 0.29) is 0 Å². The highest BCUT2D eigenvalue weighted by molar-refractivity contribution is 5.02. The zero-order valence-electron chi connectivity index (χ0n) is 10.5. The van der Waals surface area contributed by atoms with Crippen LogP contribution in [0.2, 0.25) is 0 Å². The molecule has 96 valence electrons. The SMILES string of the molecule is c1cnn(C2CCN(CCc3cn[nH]c3)CC2)c1. The van der Waals surface area contributed by atoms with Gasteiger partial charge in [-0.15, -0.1) is 0 Å². The molecule has 18 heavy (non-hydrogen) atoms. The van der Waals surface area contributed by atoms with Crippen LogP contribution in [0.25, 0.3) is 0 Å². The molecule has 3 heterocycles. The van der Waals surface area contributed by atoms with E-state index in [9.17, 15) is 0 Å². The highest BCUT2D eigenvalue weighted by Gasteiger charge is 2.20. The molecule has 1 fully saturated rings. The van der Waals surface area contributed by atoms with Crippen molar-refractivity contribution in [1.82, 2.24) is 24.9 Å². The van der Waals surface area contributed by atoms with Gasteiger partial charge >= 0.3 is 0 Å². The highest BCUT2D eigenvalue weighted by Crippen LogP contribution is 2.21. The second kappa shape index (κ2) is 5.35. The maximum Gasteiger partial charge on any atom is 0.0543 e. The van der Waals surface area contributed by atoms with E-state index in [1.165, 1.54) is 31.5 Å². The molecular formula is C13H19N5. The molecule has 0 saturated carbocycles. The minimum Gasteiger partial charge on any atom is -0.303 e. The van der Waals surface area contributed by atoms with Crippen LogP contribution >= 0.6 is 0 Å². The Bertz CT molecular complexity index is 440. The smallest absolute Gasteiger partial charge is 0.0543 e. The summed E-state index contributed by atoms with van der Waals surface area (Å²) in [7, 11) is 0. The Morgan fingerprint density at radius 3 is 2.89 bits per heavy atom. The van der Waals surface area contributed by atoms with E-state index in [1.54, 1.807) is 0 Å². The summed E-state index contributed by atoms with van der Waals surface area (Å²) in [5.74, 6) is 0. The minimum atomic E-state index is 0.588. The van der Waals surface area contributed by atoms with Gasteiger partial charge in [-0.05, 0) is 30.9 Å². The summed E-state index contributed by atoms with van der Waals surface area (Å²) in [5.41, 5.74) is 1.30. The molecule has 0 spiro atoms. The minimum absolute atomic E-state index is 0.588. The molecule has 1 aliphatic heterocycles. The van der Waals surface area contributed by atoms with Crippen LogP contribution in [0.3, 0.4) is 0 Å². The Balaban J connectivity index is 1.45. The number of hydrogen-bond acceptors (Lipinski definition) is 3. The van der Waals surface area contributed by atoms with E-state index < -0.39 is 0 Å². The van der Waals surface area contributed by atoms with Crippen LogP contribution in [0.15, 0.2) is 30.9 Å². The third-order valence-corrected chi connectivity index (χ3v) is 3.73. The van der Waals surface area contributed by atoms with Gasteiger partial charge in [0.15, 0.2) is 0 Å². The summed E-state index contributed by atoms with van der Waals surface area (Å²) in [6, 6.07) is 2.59. The molecule has 0 bridgehead atoms. The Labute approximate surface area is 107 Å². The predicted molar refractivity (Wildman–Crippen MR) is 69.2 cm³/mol. The fraction of sp³-hybridized carbons (Fsp3) is 0.538. The molecule has 2 aromatic rings. The van der Waals surface area contributed by atoms with Gasteiger partial charge in [-0.1, -0.05) is 0 Å². The molecule has 0 radical (unpaired) electrons. The molecule has 2 aromatic heterocycles. The average Bonchev–Trinajstić information content (AvgIpc) is 3.10. The number of likely N-dealkylation sites (tertiary alicyclic amines) is 1. The summed E-state index contributed by atoms with van der Waals surface area (Å²) in [6.45, 7) is 3.47. The molecule has 0 atom stereocenters. The Morgan fingerprint density at radius 1 is 1.33 bits per heavy atom. The van der Waals surface area contributed by atoms with E-state index in [0.717, 1.165) is 13.0 Å². The number of H-pyrrole nitrogens is 1. The van der Waals surface area contributed by atoms with Crippen molar-refractivity contribution in [2.24, 2.45) is 0 Å². The average molecular weight is 245 g/mol. The van der Waals surface area contributed by atoms with Crippen molar-refractivity contribution < 1.29 is 0 Å². The lowest BCUT2D eigenvalue weighted by Crippen LogP contribution is -2.36. The maximum atomic E-state index is 4.34. The summed E-state index contributed by atoms with van der Waals surface area (Å²) < 4.78 is 2.10. The van der Waals surface area contributed by atoms with Gasteiger partial charge in [0.05, 0.1) is 12.2 Å². The zero-order valence-corrected chi connectivity index (χ0v) is 10.5. The molecule has 0 amide bonds. The van der Waals surface area contributed by atoms with Crippen molar-refractivity contribution in [1.29, 1.82) is 0 Å². The van der Waals surface area contributed by atoms with Crippen molar-refractivity contribution in [3.05, 3.63) is 36.4 Å². The van der Waals surface area contributed by atoms with Crippen LogP contribution in [0.4, 0.5) is 0 Å². The maximum absolute atomic E-state index is 4.34. The summed E-state index contributed by atoms with van der Waals surface area (Å²) in [4.78, 5) is 2.53. The number of rotatable bonds is 4. The molecule has 1 N–H and O–H groups in total. The monoisotopic (exact) mass is 245 g/mol. The van der Waals surface area contributed by atoms with E-state index in [1.807, 2.05) is 24.7 Å². The second-order valence-electron chi connectivity index (χ2n) is 4.92. The number of aromatic nitrogens is 4. The van der Waals surface area contributed by atoms with Gasteiger partial charge < -0.3 is 4.90 Å². The number of piperidine rings is 1. The summed E-state index contributed by atoms with van der Waals surface area (Å²) in [5, 5.41) is 11.2. The van der Waals surface area contributed by atoms with Crippen molar-refractivity contribution in [2.75, 3.05) is 19.6 Å².